The maximum absolute atomic E-state index is 12.1. The quantitative estimate of drug-likeness (QED) is 0.191. The third-order valence-corrected chi connectivity index (χ3v) is 6.20. The molecule has 2 amide bonds. The lowest BCUT2D eigenvalue weighted by Gasteiger charge is -2.37. The molecule has 0 bridgehead atoms. The molecule has 0 fully saturated rings. The molecule has 8 nitrogen and oxygen atoms in total. The summed E-state index contributed by atoms with van der Waals surface area (Å²) in [4.78, 5) is 24.0. The molecule has 1 N–H and O–H groups in total. The minimum Gasteiger partial charge on any atom is -0.353 e. The molecule has 170 valence electrons. The first-order valence-electron chi connectivity index (χ1n) is 10.2. The molecule has 3 unspecified atom stereocenters. The van der Waals surface area contributed by atoms with Crippen LogP contribution in [0.25, 0.3) is 0 Å². The van der Waals surface area contributed by atoms with E-state index in [1.807, 2.05) is 20.8 Å². The van der Waals surface area contributed by atoms with E-state index in [1.165, 1.54) is 24.2 Å². The standard InChI is InChI=1S/C20H40N3O5P/c1-10-19(27-18(8)22(12-11-13-24)20(25)21-9)14-26-29(28-17(6)7)23(15(2)3)16(4)5/h11-13,15-19H,10,14H2,1-9H3,(H,21,25)/b12-11-. The molecule has 0 aliphatic heterocycles. The molecule has 0 radical (unpaired) electrons. The van der Waals surface area contributed by atoms with Crippen molar-refractivity contribution in [3.63, 3.8) is 0 Å². The minimum atomic E-state index is -1.25. The Morgan fingerprint density at radius 1 is 1.10 bits per heavy atom. The molecule has 0 aromatic rings. The summed E-state index contributed by atoms with van der Waals surface area (Å²) < 4.78 is 20.5. The molecule has 0 saturated heterocycles. The van der Waals surface area contributed by atoms with Gasteiger partial charge in [0.15, 0.2) is 0 Å². The molecule has 9 heteroatoms. The predicted molar refractivity (Wildman–Crippen MR) is 117 cm³/mol. The van der Waals surface area contributed by atoms with Crippen LogP contribution in [-0.2, 0) is 18.6 Å². The van der Waals surface area contributed by atoms with Crippen LogP contribution in [0.15, 0.2) is 12.3 Å². The summed E-state index contributed by atoms with van der Waals surface area (Å²) >= 11 is 0. The van der Waals surface area contributed by atoms with Crippen molar-refractivity contribution >= 4 is 20.8 Å². The number of urea groups is 1. The molecule has 0 heterocycles. The summed E-state index contributed by atoms with van der Waals surface area (Å²) in [6.45, 7) is 16.6. The Morgan fingerprint density at radius 3 is 2.10 bits per heavy atom. The van der Waals surface area contributed by atoms with Crippen LogP contribution in [0.5, 0.6) is 0 Å². The number of carbonyl (C=O) groups is 2. The van der Waals surface area contributed by atoms with Gasteiger partial charge in [0, 0.05) is 25.3 Å². The monoisotopic (exact) mass is 433 g/mol. The van der Waals surface area contributed by atoms with Gasteiger partial charge in [-0.2, -0.15) is 0 Å². The molecule has 0 aromatic heterocycles. The van der Waals surface area contributed by atoms with Crippen molar-refractivity contribution in [2.75, 3.05) is 13.7 Å². The normalized spacial score (nSPS) is 15.3. The second-order valence-electron chi connectivity index (χ2n) is 7.46. The number of carbonyl (C=O) groups excluding carboxylic acids is 2. The van der Waals surface area contributed by atoms with Crippen molar-refractivity contribution in [1.82, 2.24) is 14.9 Å². The molecular formula is C20H40N3O5P. The molecule has 3 atom stereocenters. The van der Waals surface area contributed by atoms with Crippen LogP contribution in [0.2, 0.25) is 0 Å². The molecule has 0 aromatic carbocycles. The first-order chi connectivity index (χ1) is 13.6. The van der Waals surface area contributed by atoms with Crippen LogP contribution >= 0.6 is 8.53 Å². The fraction of sp³-hybridized carbons (Fsp3) is 0.800. The SMILES string of the molecule is CCC(COP(OC(C)C)N(C(C)C)C(C)C)OC(C)N(/C=C\C=O)C(=O)NC. The maximum Gasteiger partial charge on any atom is 0.323 e. The molecule has 29 heavy (non-hydrogen) atoms. The van der Waals surface area contributed by atoms with Gasteiger partial charge in [-0.25, -0.2) is 9.46 Å². The highest BCUT2D eigenvalue weighted by Crippen LogP contribution is 2.47. The average Bonchev–Trinajstić information content (AvgIpc) is 2.63. The second kappa shape index (κ2) is 14.9. The topological polar surface area (TPSA) is 80.3 Å². The number of hydrogen-bond acceptors (Lipinski definition) is 6. The summed E-state index contributed by atoms with van der Waals surface area (Å²) in [7, 11) is 0.282. The average molecular weight is 434 g/mol. The van der Waals surface area contributed by atoms with E-state index in [0.717, 1.165) is 0 Å². The van der Waals surface area contributed by atoms with Crippen molar-refractivity contribution in [2.24, 2.45) is 0 Å². The summed E-state index contributed by atoms with van der Waals surface area (Å²) in [5.74, 6) is 0. The Kier molecular flexibility index (Phi) is 14.3. The van der Waals surface area contributed by atoms with Gasteiger partial charge in [0.05, 0.1) is 18.8 Å². The Bertz CT molecular complexity index is 495. The molecule has 0 spiro atoms. The van der Waals surface area contributed by atoms with Gasteiger partial charge >= 0.3 is 6.03 Å². The van der Waals surface area contributed by atoms with Crippen molar-refractivity contribution in [3.8, 4) is 0 Å². The summed E-state index contributed by atoms with van der Waals surface area (Å²) in [6, 6.07) is 0.191. The molecule has 0 aliphatic rings. The number of amides is 2. The van der Waals surface area contributed by atoms with Gasteiger partial charge in [0.2, 0.25) is 0 Å². The highest BCUT2D eigenvalue weighted by molar-refractivity contribution is 7.44. The van der Waals surface area contributed by atoms with Gasteiger partial charge in [0.1, 0.15) is 12.5 Å². The maximum atomic E-state index is 12.1. The van der Waals surface area contributed by atoms with E-state index in [2.05, 4.69) is 37.7 Å². The predicted octanol–water partition coefficient (Wildman–Crippen LogP) is 4.27. The fourth-order valence-electron chi connectivity index (χ4n) is 2.66. The van der Waals surface area contributed by atoms with Gasteiger partial charge in [-0.15, -0.1) is 0 Å². The van der Waals surface area contributed by atoms with E-state index in [9.17, 15) is 9.59 Å². The van der Waals surface area contributed by atoms with Crippen LogP contribution in [0.1, 0.15) is 61.8 Å². The van der Waals surface area contributed by atoms with Gasteiger partial charge in [-0.3, -0.25) is 9.69 Å². The minimum absolute atomic E-state index is 0.0400. The zero-order valence-electron chi connectivity index (χ0n) is 19.4. The number of aldehydes is 1. The number of hydrogen-bond donors (Lipinski definition) is 1. The van der Waals surface area contributed by atoms with Gasteiger partial charge in [-0.05, 0) is 61.0 Å². The van der Waals surface area contributed by atoms with E-state index in [0.29, 0.717) is 19.3 Å². The lowest BCUT2D eigenvalue weighted by molar-refractivity contribution is -0.104. The third kappa shape index (κ3) is 10.5. The zero-order chi connectivity index (χ0) is 22.6. The summed E-state index contributed by atoms with van der Waals surface area (Å²) in [5, 5.41) is 2.54. The van der Waals surface area contributed by atoms with E-state index >= 15 is 0 Å². The number of allylic oxidation sites excluding steroid dienone is 1. The van der Waals surface area contributed by atoms with Crippen LogP contribution in [0, 0.1) is 0 Å². The van der Waals surface area contributed by atoms with E-state index < -0.39 is 14.8 Å². The lowest BCUT2D eigenvalue weighted by atomic mass is 10.3. The van der Waals surface area contributed by atoms with Gasteiger partial charge in [0.25, 0.3) is 8.53 Å². The Morgan fingerprint density at radius 2 is 1.69 bits per heavy atom. The Balaban J connectivity index is 5.18. The number of ether oxygens (including phenoxy) is 1. The molecular weight excluding hydrogens is 393 g/mol. The highest BCUT2D eigenvalue weighted by atomic mass is 31.2. The molecule has 0 aliphatic carbocycles. The third-order valence-electron chi connectivity index (χ3n) is 3.93. The first kappa shape index (κ1) is 27.9. The van der Waals surface area contributed by atoms with E-state index in [-0.39, 0.29) is 30.3 Å². The first-order valence-corrected chi connectivity index (χ1v) is 11.4. The molecule has 0 saturated carbocycles. The van der Waals surface area contributed by atoms with E-state index in [1.54, 1.807) is 6.92 Å². The smallest absolute Gasteiger partial charge is 0.323 e. The largest absolute Gasteiger partial charge is 0.353 e. The van der Waals surface area contributed by atoms with Crippen LogP contribution in [0.4, 0.5) is 4.79 Å². The van der Waals surface area contributed by atoms with Crippen molar-refractivity contribution in [3.05, 3.63) is 12.3 Å². The van der Waals surface area contributed by atoms with Gasteiger partial charge < -0.3 is 19.1 Å². The molecule has 0 rings (SSSR count). The Labute approximate surface area is 177 Å². The lowest BCUT2D eigenvalue weighted by Crippen LogP contribution is -2.43. The van der Waals surface area contributed by atoms with Crippen molar-refractivity contribution in [1.29, 1.82) is 0 Å². The van der Waals surface area contributed by atoms with Crippen LogP contribution in [0.3, 0.4) is 0 Å². The highest BCUT2D eigenvalue weighted by Gasteiger charge is 2.29. The van der Waals surface area contributed by atoms with Crippen LogP contribution in [-0.4, -0.2) is 66.1 Å². The van der Waals surface area contributed by atoms with E-state index in [4.69, 9.17) is 13.8 Å². The van der Waals surface area contributed by atoms with Crippen molar-refractivity contribution in [2.45, 2.75) is 92.3 Å². The zero-order valence-corrected chi connectivity index (χ0v) is 20.3. The van der Waals surface area contributed by atoms with Crippen LogP contribution < -0.4 is 5.32 Å². The summed E-state index contributed by atoms with van der Waals surface area (Å²) in [5.41, 5.74) is 0. The van der Waals surface area contributed by atoms with Crippen molar-refractivity contribution < 1.29 is 23.4 Å². The second-order valence-corrected chi connectivity index (χ2v) is 8.87. The fourth-order valence-corrected chi connectivity index (χ4v) is 4.37. The number of rotatable bonds is 14. The number of nitrogens with zero attached hydrogens (tertiary/aromatic N) is 2. The summed E-state index contributed by atoms with van der Waals surface area (Å²) in [6.07, 6.45) is 3.22. The Hall–Kier alpha value is -1.05. The van der Waals surface area contributed by atoms with Gasteiger partial charge in [-0.1, -0.05) is 6.92 Å². The number of nitrogens with one attached hydrogen (secondary N) is 1.